The molecule has 1 rings (SSSR count). The van der Waals surface area contributed by atoms with Crippen molar-refractivity contribution in [3.05, 3.63) is 29.8 Å². The average Bonchev–Trinajstić information content (AvgIpc) is 2.42. The van der Waals surface area contributed by atoms with Gasteiger partial charge in [-0.25, -0.2) is 4.79 Å². The van der Waals surface area contributed by atoms with Crippen LogP contribution < -0.4 is 15.4 Å². The first-order valence-corrected chi connectivity index (χ1v) is 5.71. The number of benzene rings is 1. The number of hydrogen-bond donors (Lipinski definition) is 3. The Morgan fingerprint density at radius 2 is 2.00 bits per heavy atom. The molecule has 0 radical (unpaired) electrons. The highest BCUT2D eigenvalue weighted by Crippen LogP contribution is 2.18. The van der Waals surface area contributed by atoms with Crippen molar-refractivity contribution in [3.8, 4) is 18.1 Å². The first kappa shape index (κ1) is 15.7. The van der Waals surface area contributed by atoms with Crippen LogP contribution in [0.4, 0.5) is 13.6 Å². The van der Waals surface area contributed by atoms with E-state index in [-0.39, 0.29) is 18.8 Å². The van der Waals surface area contributed by atoms with Gasteiger partial charge in [0.15, 0.2) is 0 Å². The molecule has 0 spiro atoms. The highest BCUT2D eigenvalue weighted by molar-refractivity contribution is 5.74. The number of aliphatic hydroxyl groups excluding tert-OH is 1. The normalized spacial score (nSPS) is 11.6. The zero-order valence-electron chi connectivity index (χ0n) is 10.5. The summed E-state index contributed by atoms with van der Waals surface area (Å²) in [7, 11) is 0. The van der Waals surface area contributed by atoms with E-state index < -0.39 is 18.7 Å². The van der Waals surface area contributed by atoms with Crippen LogP contribution in [0.2, 0.25) is 0 Å². The van der Waals surface area contributed by atoms with Crippen LogP contribution in [0.15, 0.2) is 24.3 Å². The topological polar surface area (TPSA) is 70.6 Å². The molecular weight excluding hydrogens is 270 g/mol. The number of ether oxygens (including phenoxy) is 1. The van der Waals surface area contributed by atoms with Crippen molar-refractivity contribution in [2.45, 2.75) is 12.7 Å². The number of urea groups is 1. The number of rotatable bonds is 6. The molecule has 0 aliphatic heterocycles. The Bertz CT molecular complexity index is 471. The van der Waals surface area contributed by atoms with Crippen molar-refractivity contribution >= 4 is 6.03 Å². The van der Waals surface area contributed by atoms with Crippen molar-refractivity contribution in [2.75, 3.05) is 13.1 Å². The van der Waals surface area contributed by atoms with E-state index in [1.807, 2.05) is 0 Å². The Kier molecular flexibility index (Phi) is 6.26. The van der Waals surface area contributed by atoms with Crippen molar-refractivity contribution in [1.29, 1.82) is 0 Å². The van der Waals surface area contributed by atoms with E-state index in [0.717, 1.165) is 0 Å². The molecule has 5 nitrogen and oxygen atoms in total. The van der Waals surface area contributed by atoms with Gasteiger partial charge in [0.05, 0.1) is 12.6 Å². The molecule has 0 aliphatic carbocycles. The Morgan fingerprint density at radius 1 is 1.35 bits per heavy atom. The first-order chi connectivity index (χ1) is 9.52. The molecule has 0 bridgehead atoms. The van der Waals surface area contributed by atoms with Crippen LogP contribution in [-0.4, -0.2) is 30.8 Å². The lowest BCUT2D eigenvalue weighted by Gasteiger charge is -2.13. The summed E-state index contributed by atoms with van der Waals surface area (Å²) < 4.78 is 28.1. The molecule has 0 heterocycles. The fourth-order valence-electron chi connectivity index (χ4n) is 1.37. The van der Waals surface area contributed by atoms with Crippen molar-refractivity contribution in [2.24, 2.45) is 0 Å². The monoisotopic (exact) mass is 284 g/mol. The predicted molar refractivity (Wildman–Crippen MR) is 68.3 cm³/mol. The van der Waals surface area contributed by atoms with Crippen molar-refractivity contribution in [1.82, 2.24) is 10.6 Å². The number of carbonyl (C=O) groups excluding carboxylic acids is 1. The zero-order chi connectivity index (χ0) is 15.0. The molecule has 1 aromatic rings. The number of aliphatic hydroxyl groups is 1. The summed E-state index contributed by atoms with van der Waals surface area (Å²) in [6, 6.07) is 4.98. The van der Waals surface area contributed by atoms with Gasteiger partial charge in [-0.2, -0.15) is 8.78 Å². The minimum atomic E-state index is -2.90. The number of hydrogen-bond acceptors (Lipinski definition) is 3. The zero-order valence-corrected chi connectivity index (χ0v) is 10.5. The Morgan fingerprint density at radius 3 is 2.55 bits per heavy atom. The van der Waals surface area contributed by atoms with Gasteiger partial charge in [0.25, 0.3) is 0 Å². The second kappa shape index (κ2) is 7.96. The SMILES string of the molecule is C#CCNC(=O)NCC(O)c1ccc(OC(F)F)cc1. The average molecular weight is 284 g/mol. The highest BCUT2D eigenvalue weighted by atomic mass is 19.3. The first-order valence-electron chi connectivity index (χ1n) is 5.71. The number of halogens is 2. The van der Waals surface area contributed by atoms with Gasteiger partial charge in [-0.15, -0.1) is 6.42 Å². The molecular formula is C13H14F2N2O3. The third-order valence-corrected chi connectivity index (χ3v) is 2.30. The largest absolute Gasteiger partial charge is 0.435 e. The van der Waals surface area contributed by atoms with E-state index in [9.17, 15) is 18.7 Å². The van der Waals surface area contributed by atoms with Crippen LogP contribution in [0, 0.1) is 12.3 Å². The molecule has 0 saturated heterocycles. The van der Waals surface area contributed by atoms with E-state index in [1.165, 1.54) is 24.3 Å². The van der Waals surface area contributed by atoms with Crippen molar-refractivity contribution < 1.29 is 23.4 Å². The molecule has 20 heavy (non-hydrogen) atoms. The van der Waals surface area contributed by atoms with Crippen LogP contribution >= 0.6 is 0 Å². The van der Waals surface area contributed by atoms with Gasteiger partial charge in [0.2, 0.25) is 0 Å². The van der Waals surface area contributed by atoms with E-state index >= 15 is 0 Å². The Balaban J connectivity index is 2.45. The molecule has 0 saturated carbocycles. The third-order valence-electron chi connectivity index (χ3n) is 2.30. The molecule has 0 aliphatic rings. The summed E-state index contributed by atoms with van der Waals surface area (Å²) in [5, 5.41) is 14.6. The van der Waals surface area contributed by atoms with Crippen molar-refractivity contribution in [3.63, 3.8) is 0 Å². The lowest BCUT2D eigenvalue weighted by molar-refractivity contribution is -0.0498. The van der Waals surface area contributed by atoms with Gasteiger partial charge < -0.3 is 20.5 Å². The van der Waals surface area contributed by atoms with Crippen LogP contribution in [0.1, 0.15) is 11.7 Å². The van der Waals surface area contributed by atoms with Crippen LogP contribution in [0.5, 0.6) is 5.75 Å². The van der Waals surface area contributed by atoms with Crippen LogP contribution in [-0.2, 0) is 0 Å². The van der Waals surface area contributed by atoms with E-state index in [2.05, 4.69) is 21.3 Å². The summed E-state index contributed by atoms with van der Waals surface area (Å²) >= 11 is 0. The van der Waals surface area contributed by atoms with Crippen LogP contribution in [0.25, 0.3) is 0 Å². The maximum Gasteiger partial charge on any atom is 0.387 e. The lowest BCUT2D eigenvalue weighted by Crippen LogP contribution is -2.37. The predicted octanol–water partition coefficient (Wildman–Crippen LogP) is 1.25. The quantitative estimate of drug-likeness (QED) is 0.689. The van der Waals surface area contributed by atoms with Gasteiger partial charge in [-0.05, 0) is 17.7 Å². The maximum atomic E-state index is 12.0. The number of carbonyl (C=O) groups is 1. The molecule has 1 unspecified atom stereocenters. The lowest BCUT2D eigenvalue weighted by atomic mass is 10.1. The Hall–Kier alpha value is -2.33. The van der Waals surface area contributed by atoms with Gasteiger partial charge in [0.1, 0.15) is 5.75 Å². The third kappa shape index (κ3) is 5.54. The summed E-state index contributed by atoms with van der Waals surface area (Å²) in [6.45, 7) is -2.85. The molecule has 0 fully saturated rings. The second-order valence-electron chi connectivity index (χ2n) is 3.73. The van der Waals surface area contributed by atoms with E-state index in [0.29, 0.717) is 5.56 Å². The van der Waals surface area contributed by atoms with Crippen LogP contribution in [0.3, 0.4) is 0 Å². The molecule has 108 valence electrons. The molecule has 1 aromatic carbocycles. The number of nitrogens with one attached hydrogen (secondary N) is 2. The van der Waals surface area contributed by atoms with E-state index in [4.69, 9.17) is 6.42 Å². The molecule has 7 heteroatoms. The van der Waals surface area contributed by atoms with Gasteiger partial charge >= 0.3 is 12.6 Å². The minimum Gasteiger partial charge on any atom is -0.435 e. The standard InChI is InChI=1S/C13H14F2N2O3/c1-2-7-16-13(19)17-8-11(18)9-3-5-10(6-4-9)20-12(14)15/h1,3-6,11-12,18H,7-8H2,(H2,16,17,19). The summed E-state index contributed by atoms with van der Waals surface area (Å²) in [4.78, 5) is 11.2. The molecule has 2 amide bonds. The molecule has 1 atom stereocenters. The fraction of sp³-hybridized carbons (Fsp3) is 0.308. The molecule has 0 aromatic heterocycles. The van der Waals surface area contributed by atoms with E-state index in [1.54, 1.807) is 0 Å². The number of terminal acetylenes is 1. The van der Waals surface area contributed by atoms with Gasteiger partial charge in [-0.3, -0.25) is 0 Å². The number of amides is 2. The Labute approximate surface area is 114 Å². The summed E-state index contributed by atoms with van der Waals surface area (Å²) in [6.07, 6.45) is 4.00. The number of alkyl halides is 2. The smallest absolute Gasteiger partial charge is 0.387 e. The second-order valence-corrected chi connectivity index (χ2v) is 3.73. The summed E-state index contributed by atoms with van der Waals surface area (Å²) in [5.41, 5.74) is 0.462. The van der Waals surface area contributed by atoms with Gasteiger partial charge in [-0.1, -0.05) is 18.1 Å². The minimum absolute atomic E-state index is 0.00401. The fourth-order valence-corrected chi connectivity index (χ4v) is 1.37. The molecule has 3 N–H and O–H groups in total. The van der Waals surface area contributed by atoms with Gasteiger partial charge in [0, 0.05) is 6.54 Å². The highest BCUT2D eigenvalue weighted by Gasteiger charge is 2.10. The summed E-state index contributed by atoms with van der Waals surface area (Å²) in [5.74, 6) is 2.23. The maximum absolute atomic E-state index is 12.0.